The summed E-state index contributed by atoms with van der Waals surface area (Å²) in [6, 6.07) is 14.5. The molecule has 1 atom stereocenters. The van der Waals surface area contributed by atoms with E-state index in [1.807, 2.05) is 13.0 Å². The van der Waals surface area contributed by atoms with Crippen molar-refractivity contribution in [3.8, 4) is 6.07 Å². The highest BCUT2D eigenvalue weighted by Gasteiger charge is 2.00. The van der Waals surface area contributed by atoms with Gasteiger partial charge < -0.3 is 5.32 Å². The summed E-state index contributed by atoms with van der Waals surface area (Å²) in [7, 11) is 0. The first-order valence-electron chi connectivity index (χ1n) is 5.35. The third kappa shape index (κ3) is 2.14. The number of fused-ring (bicyclic) bond motifs is 1. The van der Waals surface area contributed by atoms with Gasteiger partial charge in [-0.3, -0.25) is 0 Å². The third-order valence-electron chi connectivity index (χ3n) is 2.57. The summed E-state index contributed by atoms with van der Waals surface area (Å²) in [6.07, 6.45) is 0. The van der Waals surface area contributed by atoms with Crippen LogP contribution in [0.3, 0.4) is 0 Å². The van der Waals surface area contributed by atoms with E-state index in [0.717, 1.165) is 5.69 Å². The summed E-state index contributed by atoms with van der Waals surface area (Å²) < 4.78 is 0. The normalized spacial score (nSPS) is 12.1. The van der Waals surface area contributed by atoms with Crippen LogP contribution in [-0.4, -0.2) is 6.04 Å². The van der Waals surface area contributed by atoms with Gasteiger partial charge in [0.1, 0.15) is 6.04 Å². The third-order valence-corrected chi connectivity index (χ3v) is 2.57. The molecule has 0 spiro atoms. The predicted octanol–water partition coefficient (Wildman–Crippen LogP) is 3.47. The zero-order valence-electron chi connectivity index (χ0n) is 9.49. The van der Waals surface area contributed by atoms with Gasteiger partial charge >= 0.3 is 0 Å². The van der Waals surface area contributed by atoms with Crippen molar-refractivity contribution < 1.29 is 0 Å². The van der Waals surface area contributed by atoms with E-state index >= 15 is 0 Å². The van der Waals surface area contributed by atoms with Crippen LogP contribution in [0.1, 0.15) is 12.5 Å². The molecule has 0 amide bonds. The smallest absolute Gasteiger partial charge is 0.111 e. The molecule has 2 rings (SSSR count). The lowest BCUT2D eigenvalue weighted by Crippen LogP contribution is -2.11. The van der Waals surface area contributed by atoms with Gasteiger partial charge in [-0.25, -0.2) is 0 Å². The minimum atomic E-state index is -0.164. The average molecular weight is 210 g/mol. The van der Waals surface area contributed by atoms with E-state index < -0.39 is 0 Å². The highest BCUT2D eigenvalue weighted by Crippen LogP contribution is 2.20. The standard InChI is InChI=1S/C14H14N2/c1-10-3-4-13-8-14(16-11(2)9-15)6-5-12(13)7-10/h3-8,11,16H,1-2H3. The SMILES string of the molecule is Cc1ccc2cc(NC(C)C#N)ccc2c1. The number of nitrogens with zero attached hydrogens (tertiary/aromatic N) is 1. The molecule has 1 N–H and O–H groups in total. The molecule has 0 aromatic heterocycles. The minimum absolute atomic E-state index is 0.164. The van der Waals surface area contributed by atoms with Crippen molar-refractivity contribution in [3.63, 3.8) is 0 Å². The fraction of sp³-hybridized carbons (Fsp3) is 0.214. The van der Waals surface area contributed by atoms with Gasteiger partial charge in [0.15, 0.2) is 0 Å². The monoisotopic (exact) mass is 210 g/mol. The fourth-order valence-corrected chi connectivity index (χ4v) is 1.74. The molecule has 2 aromatic carbocycles. The highest BCUT2D eigenvalue weighted by molar-refractivity contribution is 5.86. The summed E-state index contributed by atoms with van der Waals surface area (Å²) >= 11 is 0. The van der Waals surface area contributed by atoms with E-state index in [1.165, 1.54) is 16.3 Å². The lowest BCUT2D eigenvalue weighted by molar-refractivity contribution is 1.01. The Morgan fingerprint density at radius 3 is 2.56 bits per heavy atom. The van der Waals surface area contributed by atoms with Gasteiger partial charge in [-0.05, 0) is 36.8 Å². The molecular weight excluding hydrogens is 196 g/mol. The Balaban J connectivity index is 2.38. The van der Waals surface area contributed by atoms with Gasteiger partial charge in [0.25, 0.3) is 0 Å². The average Bonchev–Trinajstić information content (AvgIpc) is 2.29. The quantitative estimate of drug-likeness (QED) is 0.823. The largest absolute Gasteiger partial charge is 0.370 e. The number of aryl methyl sites for hydroxylation is 1. The maximum atomic E-state index is 8.73. The van der Waals surface area contributed by atoms with Crippen LogP contribution in [0.15, 0.2) is 36.4 Å². The Labute approximate surface area is 95.5 Å². The van der Waals surface area contributed by atoms with Crippen molar-refractivity contribution in [1.82, 2.24) is 0 Å². The van der Waals surface area contributed by atoms with Gasteiger partial charge in [0.2, 0.25) is 0 Å². The highest BCUT2D eigenvalue weighted by atomic mass is 14.9. The van der Waals surface area contributed by atoms with Crippen LogP contribution in [0.4, 0.5) is 5.69 Å². The Bertz CT molecular complexity index is 552. The van der Waals surface area contributed by atoms with Crippen LogP contribution in [0.5, 0.6) is 0 Å². The van der Waals surface area contributed by atoms with Gasteiger partial charge in [0.05, 0.1) is 6.07 Å². The summed E-state index contributed by atoms with van der Waals surface area (Å²) in [5, 5.41) is 14.3. The molecule has 0 aliphatic carbocycles. The van der Waals surface area contributed by atoms with Crippen molar-refractivity contribution in [3.05, 3.63) is 42.0 Å². The minimum Gasteiger partial charge on any atom is -0.370 e. The van der Waals surface area contributed by atoms with Crippen molar-refractivity contribution in [1.29, 1.82) is 5.26 Å². The van der Waals surface area contributed by atoms with Crippen LogP contribution in [0.25, 0.3) is 10.8 Å². The lowest BCUT2D eigenvalue weighted by Gasteiger charge is -2.09. The van der Waals surface area contributed by atoms with E-state index in [-0.39, 0.29) is 6.04 Å². The number of hydrogen-bond donors (Lipinski definition) is 1. The number of hydrogen-bond acceptors (Lipinski definition) is 2. The number of anilines is 1. The van der Waals surface area contributed by atoms with E-state index in [4.69, 9.17) is 5.26 Å². The maximum absolute atomic E-state index is 8.73. The summed E-state index contributed by atoms with van der Waals surface area (Å²) in [4.78, 5) is 0. The van der Waals surface area contributed by atoms with Crippen LogP contribution in [-0.2, 0) is 0 Å². The van der Waals surface area contributed by atoms with E-state index in [0.29, 0.717) is 0 Å². The molecule has 0 radical (unpaired) electrons. The number of nitrogens with one attached hydrogen (secondary N) is 1. The Kier molecular flexibility index (Phi) is 2.78. The second kappa shape index (κ2) is 4.24. The van der Waals surface area contributed by atoms with Gasteiger partial charge in [-0.1, -0.05) is 29.8 Å². The first kappa shape index (κ1) is 10.5. The number of nitriles is 1. The van der Waals surface area contributed by atoms with Gasteiger partial charge in [0, 0.05) is 5.69 Å². The zero-order valence-corrected chi connectivity index (χ0v) is 9.49. The summed E-state index contributed by atoms with van der Waals surface area (Å²) in [6.45, 7) is 3.93. The predicted molar refractivity (Wildman–Crippen MR) is 67.4 cm³/mol. The second-order valence-electron chi connectivity index (χ2n) is 4.06. The van der Waals surface area contributed by atoms with Crippen molar-refractivity contribution in [2.24, 2.45) is 0 Å². The topological polar surface area (TPSA) is 35.8 Å². The van der Waals surface area contributed by atoms with Crippen LogP contribution in [0, 0.1) is 18.3 Å². The van der Waals surface area contributed by atoms with Gasteiger partial charge in [-0.15, -0.1) is 0 Å². The first-order valence-corrected chi connectivity index (χ1v) is 5.35. The number of benzene rings is 2. The Hall–Kier alpha value is -2.01. The maximum Gasteiger partial charge on any atom is 0.111 e. The molecule has 0 heterocycles. The van der Waals surface area contributed by atoms with Gasteiger partial charge in [-0.2, -0.15) is 5.26 Å². The van der Waals surface area contributed by atoms with E-state index in [2.05, 4.69) is 48.6 Å². The summed E-state index contributed by atoms with van der Waals surface area (Å²) in [5.74, 6) is 0. The second-order valence-corrected chi connectivity index (χ2v) is 4.06. The molecule has 0 aliphatic heterocycles. The zero-order chi connectivity index (χ0) is 11.5. The molecule has 0 aliphatic rings. The molecule has 16 heavy (non-hydrogen) atoms. The van der Waals surface area contributed by atoms with Crippen LogP contribution in [0.2, 0.25) is 0 Å². The molecule has 2 aromatic rings. The van der Waals surface area contributed by atoms with Crippen molar-refractivity contribution in [2.75, 3.05) is 5.32 Å². The van der Waals surface area contributed by atoms with E-state index in [9.17, 15) is 0 Å². The Morgan fingerprint density at radius 1 is 1.12 bits per heavy atom. The number of rotatable bonds is 2. The molecule has 80 valence electrons. The molecule has 0 saturated heterocycles. The molecular formula is C14H14N2. The Morgan fingerprint density at radius 2 is 1.81 bits per heavy atom. The van der Waals surface area contributed by atoms with Crippen LogP contribution >= 0.6 is 0 Å². The molecule has 0 fully saturated rings. The molecule has 0 saturated carbocycles. The first-order chi connectivity index (χ1) is 7.69. The van der Waals surface area contributed by atoms with E-state index in [1.54, 1.807) is 0 Å². The van der Waals surface area contributed by atoms with Crippen molar-refractivity contribution in [2.45, 2.75) is 19.9 Å². The summed E-state index contributed by atoms with van der Waals surface area (Å²) in [5.41, 5.74) is 2.25. The van der Waals surface area contributed by atoms with Crippen LogP contribution < -0.4 is 5.32 Å². The molecule has 2 nitrogen and oxygen atoms in total. The molecule has 2 heteroatoms. The molecule has 1 unspecified atom stereocenters. The molecule has 0 bridgehead atoms. The fourth-order valence-electron chi connectivity index (χ4n) is 1.74. The lowest BCUT2D eigenvalue weighted by atomic mass is 10.1. The van der Waals surface area contributed by atoms with Crippen molar-refractivity contribution >= 4 is 16.5 Å².